The zero-order chi connectivity index (χ0) is 33.3. The second-order valence-electron chi connectivity index (χ2n) is 9.70. The summed E-state index contributed by atoms with van der Waals surface area (Å²) in [6.45, 7) is 3.27. The number of likely N-dealkylation sites (tertiary alicyclic amines) is 1. The van der Waals surface area contributed by atoms with Gasteiger partial charge in [-0.15, -0.1) is 0 Å². The van der Waals surface area contributed by atoms with Gasteiger partial charge in [0.15, 0.2) is 11.8 Å². The molecule has 2 aromatic rings. The van der Waals surface area contributed by atoms with Crippen molar-refractivity contribution in [1.29, 1.82) is 0 Å². The molecule has 3 atom stereocenters. The summed E-state index contributed by atoms with van der Waals surface area (Å²) < 4.78 is 10.5. The molecule has 45 heavy (non-hydrogen) atoms. The molecule has 0 saturated carbocycles. The fourth-order valence-corrected chi connectivity index (χ4v) is 4.20. The van der Waals surface area contributed by atoms with Crippen molar-refractivity contribution in [1.82, 2.24) is 15.5 Å². The number of oxime groups is 1. The first-order chi connectivity index (χ1) is 21.3. The summed E-state index contributed by atoms with van der Waals surface area (Å²) in [7, 11) is 0. The van der Waals surface area contributed by atoms with Crippen molar-refractivity contribution in [2.45, 2.75) is 45.3 Å². The maximum atomic E-state index is 13.1. The smallest absolute Gasteiger partial charge is 0.332 e. The Morgan fingerprint density at radius 2 is 1.53 bits per heavy atom. The van der Waals surface area contributed by atoms with Gasteiger partial charge in [0.25, 0.3) is 5.91 Å². The Labute approximate surface area is 255 Å². The van der Waals surface area contributed by atoms with E-state index >= 15 is 0 Å². The molecule has 0 radical (unpaired) electrons. The van der Waals surface area contributed by atoms with Gasteiger partial charge in [0.2, 0.25) is 11.8 Å². The minimum Gasteiger partial charge on any atom is -0.494 e. The molecule has 0 spiro atoms. The fourth-order valence-electron chi connectivity index (χ4n) is 4.20. The van der Waals surface area contributed by atoms with Gasteiger partial charge in [-0.1, -0.05) is 17.3 Å². The maximum Gasteiger partial charge on any atom is 0.332 e. The third-order valence-corrected chi connectivity index (χ3v) is 6.23. The van der Waals surface area contributed by atoms with E-state index in [2.05, 4.69) is 20.6 Å². The molecule has 1 aliphatic rings. The number of nitrogens with one attached hydrogen (secondary N) is 2. The number of esters is 1. The molecule has 3 unspecified atom stereocenters. The van der Waals surface area contributed by atoms with Crippen LogP contribution in [-0.4, -0.2) is 87.7 Å². The standard InChI is InChI=1S/C29H30N4O12/c1-15(34)30-22(28(39)40)12-13-43-20-8-4-18(5-9-20)24(32-45-17(3)36)26(37)31-23-14-33(27(23)38)25(29(41)42)19-6-10-21(11-7-19)44-16(2)35/h4-11,22-23,25H,12-14H2,1-3H3,(H,30,34)(H,31,37)(H,39,40)(H,41,42). The number of hydrogen-bond acceptors (Lipinski definition) is 11. The highest BCUT2D eigenvalue weighted by Crippen LogP contribution is 2.29. The lowest BCUT2D eigenvalue weighted by Gasteiger charge is -2.42. The van der Waals surface area contributed by atoms with E-state index in [0.29, 0.717) is 5.75 Å². The molecule has 3 rings (SSSR count). The van der Waals surface area contributed by atoms with E-state index in [4.69, 9.17) is 9.47 Å². The molecule has 16 nitrogen and oxygen atoms in total. The van der Waals surface area contributed by atoms with Crippen molar-refractivity contribution < 1.29 is 58.1 Å². The van der Waals surface area contributed by atoms with Crippen LogP contribution in [0.15, 0.2) is 53.7 Å². The molecular weight excluding hydrogens is 596 g/mol. The molecule has 1 heterocycles. The third kappa shape index (κ3) is 9.34. The number of hydrogen-bond donors (Lipinski definition) is 4. The molecule has 1 saturated heterocycles. The summed E-state index contributed by atoms with van der Waals surface area (Å²) in [5, 5.41) is 27.3. The number of amides is 3. The number of carbonyl (C=O) groups is 7. The van der Waals surface area contributed by atoms with E-state index in [1.807, 2.05) is 0 Å². The van der Waals surface area contributed by atoms with Crippen molar-refractivity contribution in [3.63, 3.8) is 0 Å². The number of carbonyl (C=O) groups excluding carboxylic acids is 5. The minimum atomic E-state index is -1.37. The summed E-state index contributed by atoms with van der Waals surface area (Å²) >= 11 is 0. The molecule has 0 aliphatic carbocycles. The highest BCUT2D eigenvalue weighted by molar-refractivity contribution is 6.45. The second kappa shape index (κ2) is 15.1. The van der Waals surface area contributed by atoms with Gasteiger partial charge in [0.05, 0.1) is 13.2 Å². The van der Waals surface area contributed by atoms with Gasteiger partial charge in [0, 0.05) is 32.8 Å². The fraction of sp³-hybridized carbons (Fsp3) is 0.310. The second-order valence-corrected chi connectivity index (χ2v) is 9.70. The number of nitrogens with zero attached hydrogens (tertiary/aromatic N) is 2. The number of ether oxygens (including phenoxy) is 2. The van der Waals surface area contributed by atoms with Crippen LogP contribution in [-0.2, 0) is 38.4 Å². The largest absolute Gasteiger partial charge is 0.494 e. The minimum absolute atomic E-state index is 0.0208. The topological polar surface area (TPSA) is 227 Å². The summed E-state index contributed by atoms with van der Waals surface area (Å²) in [4.78, 5) is 88.7. The highest BCUT2D eigenvalue weighted by atomic mass is 16.7. The molecule has 1 fully saturated rings. The Hall–Kier alpha value is -5.80. The predicted octanol–water partition coefficient (Wildman–Crippen LogP) is 0.390. The quantitative estimate of drug-likeness (QED) is 0.0558. The van der Waals surface area contributed by atoms with Crippen molar-refractivity contribution in [3.05, 3.63) is 59.7 Å². The van der Waals surface area contributed by atoms with E-state index in [1.54, 1.807) is 0 Å². The Morgan fingerprint density at radius 3 is 2.04 bits per heavy atom. The molecular formula is C29H30N4O12. The first-order valence-corrected chi connectivity index (χ1v) is 13.4. The summed E-state index contributed by atoms with van der Waals surface area (Å²) in [6.07, 6.45) is -0.0208. The molecule has 3 amide bonds. The molecule has 0 bridgehead atoms. The number of β-lactam (4-membered cyclic amide) rings is 1. The lowest BCUT2D eigenvalue weighted by atomic mass is 9.97. The average molecular weight is 627 g/mol. The molecule has 238 valence electrons. The SMILES string of the molecule is CC(=O)NC(CCOc1ccc(C(=NOC(C)=O)C(=O)NC2CN(C(C(=O)O)c3ccc(OC(C)=O)cc3)C2=O)cc1)C(=O)O. The van der Waals surface area contributed by atoms with Gasteiger partial charge in [-0.3, -0.25) is 19.2 Å². The lowest BCUT2D eigenvalue weighted by molar-refractivity contribution is -0.160. The summed E-state index contributed by atoms with van der Waals surface area (Å²) in [5.41, 5.74) is 0.0441. The summed E-state index contributed by atoms with van der Waals surface area (Å²) in [5.74, 6) is -5.50. The van der Waals surface area contributed by atoms with Crippen molar-refractivity contribution in [2.24, 2.45) is 5.16 Å². The Morgan fingerprint density at radius 1 is 0.911 bits per heavy atom. The van der Waals surface area contributed by atoms with Gasteiger partial charge in [0.1, 0.15) is 23.6 Å². The van der Waals surface area contributed by atoms with Crippen LogP contribution >= 0.6 is 0 Å². The van der Waals surface area contributed by atoms with Gasteiger partial charge < -0.3 is 40.1 Å². The van der Waals surface area contributed by atoms with Crippen LogP contribution in [0.25, 0.3) is 0 Å². The van der Waals surface area contributed by atoms with Crippen molar-refractivity contribution in [3.8, 4) is 11.5 Å². The molecule has 1 aliphatic heterocycles. The molecule has 4 N–H and O–H groups in total. The first kappa shape index (κ1) is 33.7. The molecule has 0 aromatic heterocycles. The van der Waals surface area contributed by atoms with E-state index in [9.17, 15) is 43.8 Å². The van der Waals surface area contributed by atoms with E-state index < -0.39 is 59.7 Å². The Kier molecular flexibility index (Phi) is 11.3. The van der Waals surface area contributed by atoms with Crippen LogP contribution < -0.4 is 20.1 Å². The zero-order valence-electron chi connectivity index (χ0n) is 24.3. The number of rotatable bonds is 14. The van der Waals surface area contributed by atoms with Crippen LogP contribution in [0.4, 0.5) is 0 Å². The first-order valence-electron chi connectivity index (χ1n) is 13.4. The van der Waals surface area contributed by atoms with E-state index in [-0.39, 0.29) is 42.2 Å². The van der Waals surface area contributed by atoms with Gasteiger partial charge in [-0.05, 0) is 42.0 Å². The third-order valence-electron chi connectivity index (χ3n) is 6.23. The molecule has 16 heteroatoms. The number of carboxylic acids is 2. The average Bonchev–Trinajstić information content (AvgIpc) is 2.96. The van der Waals surface area contributed by atoms with E-state index in [1.165, 1.54) is 62.4 Å². The van der Waals surface area contributed by atoms with Crippen LogP contribution in [0, 0.1) is 0 Å². The predicted molar refractivity (Wildman–Crippen MR) is 152 cm³/mol. The maximum absolute atomic E-state index is 13.1. The monoisotopic (exact) mass is 626 g/mol. The number of benzene rings is 2. The van der Waals surface area contributed by atoms with Crippen LogP contribution in [0.3, 0.4) is 0 Å². The van der Waals surface area contributed by atoms with Crippen LogP contribution in [0.5, 0.6) is 11.5 Å². The van der Waals surface area contributed by atoms with Gasteiger partial charge in [-0.2, -0.15) is 0 Å². The number of aliphatic carboxylic acids is 2. The lowest BCUT2D eigenvalue weighted by Crippen LogP contribution is -2.66. The Balaban J connectivity index is 1.67. The summed E-state index contributed by atoms with van der Waals surface area (Å²) in [6, 6.07) is 7.69. The van der Waals surface area contributed by atoms with Gasteiger partial charge in [-0.25, -0.2) is 14.4 Å². The normalized spacial score (nSPS) is 15.5. The van der Waals surface area contributed by atoms with Crippen LogP contribution in [0.2, 0.25) is 0 Å². The van der Waals surface area contributed by atoms with Crippen molar-refractivity contribution >= 4 is 47.3 Å². The van der Waals surface area contributed by atoms with E-state index in [0.717, 1.165) is 11.8 Å². The van der Waals surface area contributed by atoms with Gasteiger partial charge >= 0.3 is 23.9 Å². The number of carboxylic acid groups (broad SMARTS) is 2. The zero-order valence-corrected chi connectivity index (χ0v) is 24.3. The Bertz CT molecular complexity index is 1500. The van der Waals surface area contributed by atoms with Crippen LogP contribution in [0.1, 0.15) is 44.4 Å². The highest BCUT2D eigenvalue weighted by Gasteiger charge is 2.45. The van der Waals surface area contributed by atoms with Crippen molar-refractivity contribution in [2.75, 3.05) is 13.2 Å². The molecule has 2 aromatic carbocycles.